The fourth-order valence-corrected chi connectivity index (χ4v) is 3.81. The standard InChI is InChI=1S/C21H16ClN5O3/c1-24-18-17(19(29)25(2)21(24)30)26-11-15(12-7-9-13(22)10-8-12)27(20(26)23-18)14-5-3-4-6-16(14)28/h3-11,28H,1-2H3. The molecular formula is C21H16ClN5O3. The summed E-state index contributed by atoms with van der Waals surface area (Å²) in [4.78, 5) is 29.8. The maximum absolute atomic E-state index is 12.9. The monoisotopic (exact) mass is 421 g/mol. The highest BCUT2D eigenvalue weighted by atomic mass is 35.5. The number of aromatic nitrogens is 5. The first kappa shape index (κ1) is 18.3. The summed E-state index contributed by atoms with van der Waals surface area (Å²) in [5, 5.41) is 11.1. The first-order valence-electron chi connectivity index (χ1n) is 9.12. The van der Waals surface area contributed by atoms with E-state index < -0.39 is 11.2 Å². The second-order valence-electron chi connectivity index (χ2n) is 7.01. The lowest BCUT2D eigenvalue weighted by Gasteiger charge is -2.10. The number of hydrogen-bond acceptors (Lipinski definition) is 4. The van der Waals surface area contributed by atoms with Crippen LogP contribution in [0.3, 0.4) is 0 Å². The first-order valence-corrected chi connectivity index (χ1v) is 9.50. The summed E-state index contributed by atoms with van der Waals surface area (Å²) in [5.74, 6) is 0.453. The minimum atomic E-state index is -0.458. The van der Waals surface area contributed by atoms with Gasteiger partial charge in [-0.25, -0.2) is 4.79 Å². The molecule has 1 N–H and O–H groups in total. The van der Waals surface area contributed by atoms with Crippen LogP contribution in [-0.2, 0) is 14.1 Å². The SMILES string of the molecule is Cn1c(=O)c2c(nc3n(-c4ccccc4O)c(-c4ccc(Cl)cc4)cn23)n(C)c1=O. The number of benzene rings is 2. The lowest BCUT2D eigenvalue weighted by Crippen LogP contribution is -2.37. The zero-order valence-electron chi connectivity index (χ0n) is 16.1. The lowest BCUT2D eigenvalue weighted by molar-refractivity contribution is 0.473. The number of aromatic hydroxyl groups is 1. The van der Waals surface area contributed by atoms with Crippen LogP contribution in [0.4, 0.5) is 0 Å². The number of aryl methyl sites for hydroxylation is 1. The third kappa shape index (κ3) is 2.44. The molecule has 8 nitrogen and oxygen atoms in total. The Morgan fingerprint density at radius 3 is 2.37 bits per heavy atom. The summed E-state index contributed by atoms with van der Waals surface area (Å²) in [5.41, 5.74) is 1.66. The average Bonchev–Trinajstić information content (AvgIpc) is 3.28. The van der Waals surface area contributed by atoms with E-state index in [0.717, 1.165) is 10.1 Å². The highest BCUT2D eigenvalue weighted by Gasteiger charge is 2.22. The van der Waals surface area contributed by atoms with Crippen molar-refractivity contribution in [3.05, 3.63) is 80.6 Å². The van der Waals surface area contributed by atoms with Gasteiger partial charge in [0.25, 0.3) is 5.56 Å². The highest BCUT2D eigenvalue weighted by molar-refractivity contribution is 6.30. The van der Waals surface area contributed by atoms with Gasteiger partial charge in [-0.15, -0.1) is 0 Å². The van der Waals surface area contributed by atoms with Gasteiger partial charge in [-0.2, -0.15) is 4.98 Å². The number of hydrogen-bond donors (Lipinski definition) is 1. The predicted octanol–water partition coefficient (Wildman–Crippen LogP) is 2.70. The minimum Gasteiger partial charge on any atom is -0.506 e. The summed E-state index contributed by atoms with van der Waals surface area (Å²) < 4.78 is 5.78. The molecule has 2 aromatic carbocycles. The molecule has 0 unspecified atom stereocenters. The number of para-hydroxylation sites is 2. The van der Waals surface area contributed by atoms with Crippen molar-refractivity contribution in [2.45, 2.75) is 0 Å². The Morgan fingerprint density at radius 1 is 0.967 bits per heavy atom. The van der Waals surface area contributed by atoms with Crippen LogP contribution < -0.4 is 11.2 Å². The van der Waals surface area contributed by atoms with Crippen molar-refractivity contribution in [1.82, 2.24) is 23.1 Å². The van der Waals surface area contributed by atoms with Gasteiger partial charge in [-0.1, -0.05) is 35.9 Å². The molecule has 30 heavy (non-hydrogen) atoms. The quantitative estimate of drug-likeness (QED) is 0.475. The normalized spacial score (nSPS) is 11.6. The van der Waals surface area contributed by atoms with Gasteiger partial charge in [0, 0.05) is 30.9 Å². The zero-order valence-corrected chi connectivity index (χ0v) is 16.8. The summed E-state index contributed by atoms with van der Waals surface area (Å²) in [6.45, 7) is 0. The van der Waals surface area contributed by atoms with Gasteiger partial charge in [0.05, 0.1) is 11.4 Å². The van der Waals surface area contributed by atoms with Crippen LogP contribution in [0.2, 0.25) is 5.02 Å². The molecule has 5 aromatic rings. The van der Waals surface area contributed by atoms with Crippen molar-refractivity contribution in [3.8, 4) is 22.7 Å². The van der Waals surface area contributed by atoms with E-state index in [0.29, 0.717) is 22.2 Å². The molecule has 3 heterocycles. The Hall–Kier alpha value is -3.78. The number of imidazole rings is 2. The van der Waals surface area contributed by atoms with Crippen molar-refractivity contribution in [3.63, 3.8) is 0 Å². The van der Waals surface area contributed by atoms with Crippen molar-refractivity contribution < 1.29 is 5.11 Å². The number of rotatable bonds is 2. The Kier molecular flexibility index (Phi) is 3.87. The molecule has 3 aromatic heterocycles. The second kappa shape index (κ2) is 6.36. The van der Waals surface area contributed by atoms with Crippen molar-refractivity contribution >= 4 is 28.5 Å². The van der Waals surface area contributed by atoms with Crippen LogP contribution in [0, 0.1) is 0 Å². The van der Waals surface area contributed by atoms with Crippen LogP contribution in [0.1, 0.15) is 0 Å². The van der Waals surface area contributed by atoms with E-state index in [-0.39, 0.29) is 16.9 Å². The fourth-order valence-electron chi connectivity index (χ4n) is 3.69. The maximum atomic E-state index is 12.9. The van der Waals surface area contributed by atoms with E-state index in [9.17, 15) is 14.7 Å². The number of phenols is 1. The Bertz CT molecular complexity index is 1570. The van der Waals surface area contributed by atoms with Crippen LogP contribution >= 0.6 is 11.6 Å². The van der Waals surface area contributed by atoms with Crippen LogP contribution in [0.5, 0.6) is 5.75 Å². The van der Waals surface area contributed by atoms with Crippen LogP contribution in [0.15, 0.2) is 64.3 Å². The molecule has 5 rings (SSSR count). The smallest absolute Gasteiger partial charge is 0.332 e. The number of phenolic OH excluding ortho intramolecular Hbond substituents is 1. The minimum absolute atomic E-state index is 0.0552. The van der Waals surface area contributed by atoms with Gasteiger partial charge in [-0.3, -0.25) is 22.9 Å². The Labute approximate surface area is 174 Å². The van der Waals surface area contributed by atoms with Crippen molar-refractivity contribution in [2.75, 3.05) is 0 Å². The molecule has 0 saturated carbocycles. The summed E-state index contributed by atoms with van der Waals surface area (Å²) in [6, 6.07) is 14.1. The fraction of sp³-hybridized carbons (Fsp3) is 0.0952. The lowest BCUT2D eigenvalue weighted by atomic mass is 10.1. The molecule has 0 radical (unpaired) electrons. The van der Waals surface area contributed by atoms with Gasteiger partial charge >= 0.3 is 5.69 Å². The van der Waals surface area contributed by atoms with Crippen molar-refractivity contribution in [1.29, 1.82) is 0 Å². The second-order valence-corrected chi connectivity index (χ2v) is 7.44. The van der Waals surface area contributed by atoms with Crippen molar-refractivity contribution in [2.24, 2.45) is 14.1 Å². The molecule has 0 fully saturated rings. The first-order chi connectivity index (χ1) is 14.4. The summed E-state index contributed by atoms with van der Waals surface area (Å²) in [6.07, 6.45) is 1.77. The third-order valence-electron chi connectivity index (χ3n) is 5.23. The van der Waals surface area contributed by atoms with E-state index in [4.69, 9.17) is 11.6 Å². The van der Waals surface area contributed by atoms with Gasteiger partial charge in [0.15, 0.2) is 11.2 Å². The molecule has 0 aliphatic carbocycles. The maximum Gasteiger partial charge on any atom is 0.332 e. The van der Waals surface area contributed by atoms with E-state index in [1.165, 1.54) is 11.6 Å². The molecule has 150 valence electrons. The molecule has 0 saturated heterocycles. The number of halogens is 1. The van der Waals surface area contributed by atoms with Gasteiger partial charge in [0.2, 0.25) is 5.78 Å². The van der Waals surface area contributed by atoms with Gasteiger partial charge in [-0.05, 0) is 24.3 Å². The largest absolute Gasteiger partial charge is 0.506 e. The molecule has 0 bridgehead atoms. The zero-order chi connectivity index (χ0) is 21.2. The molecule has 0 aliphatic heterocycles. The molecule has 0 atom stereocenters. The van der Waals surface area contributed by atoms with Gasteiger partial charge < -0.3 is 5.11 Å². The Balaban J connectivity index is 1.99. The van der Waals surface area contributed by atoms with Gasteiger partial charge in [0.1, 0.15) is 5.75 Å². The predicted molar refractivity (Wildman–Crippen MR) is 115 cm³/mol. The Morgan fingerprint density at radius 2 is 1.67 bits per heavy atom. The average molecular weight is 422 g/mol. The van der Waals surface area contributed by atoms with E-state index in [1.807, 2.05) is 12.1 Å². The molecule has 0 aliphatic rings. The van der Waals surface area contributed by atoms with E-state index in [1.54, 1.807) is 58.6 Å². The number of nitrogens with zero attached hydrogens (tertiary/aromatic N) is 5. The van der Waals surface area contributed by atoms with Crippen LogP contribution in [0.25, 0.3) is 33.9 Å². The molecule has 9 heteroatoms. The summed E-state index contributed by atoms with van der Waals surface area (Å²) in [7, 11) is 3.00. The molecule has 0 amide bonds. The van der Waals surface area contributed by atoms with E-state index >= 15 is 0 Å². The van der Waals surface area contributed by atoms with E-state index in [2.05, 4.69) is 4.98 Å². The molecular weight excluding hydrogens is 406 g/mol. The summed E-state index contributed by atoms with van der Waals surface area (Å²) >= 11 is 6.05. The molecule has 0 spiro atoms. The topological polar surface area (TPSA) is 86.5 Å². The number of fused-ring (bicyclic) bond motifs is 3. The highest BCUT2D eigenvalue weighted by Crippen LogP contribution is 2.32. The van der Waals surface area contributed by atoms with Crippen LogP contribution in [-0.4, -0.2) is 28.2 Å². The third-order valence-corrected chi connectivity index (χ3v) is 5.48.